The Kier molecular flexibility index (Phi) is 35.0. The van der Waals surface area contributed by atoms with E-state index in [4.69, 9.17) is 5.73 Å². The number of carbonyl (C=O) groups excluding carboxylic acids is 11. The average molecular weight is 1530 g/mol. The van der Waals surface area contributed by atoms with Gasteiger partial charge in [0.15, 0.2) is 0 Å². The highest BCUT2D eigenvalue weighted by molar-refractivity contribution is 7.98. The number of nitrogens with two attached hydrogens (primary N) is 1. The fourth-order valence-electron chi connectivity index (χ4n) is 15.0. The molecule has 31 nitrogen and oxygen atoms in total. The Balaban J connectivity index is 1.23. The van der Waals surface area contributed by atoms with Gasteiger partial charge in [0.1, 0.15) is 60.4 Å². The van der Waals surface area contributed by atoms with E-state index in [9.17, 15) is 63.6 Å². The van der Waals surface area contributed by atoms with E-state index in [1.807, 2.05) is 24.3 Å². The first-order chi connectivity index (χ1) is 50.5. The summed E-state index contributed by atoms with van der Waals surface area (Å²) < 4.78 is 0. The fraction of sp³-hybridized carbons (Fsp3) is 0.753. The number of hydrogen-bond acceptors (Lipinski definition) is 21. The number of aliphatic hydroxyl groups excluding tert-OH is 3. The Hall–Kier alpha value is -6.72. The number of primary amides is 1. The highest BCUT2D eigenvalue weighted by Crippen LogP contribution is 2.33. The van der Waals surface area contributed by atoms with Crippen LogP contribution in [0.5, 0.6) is 0 Å². The van der Waals surface area contributed by atoms with Crippen molar-refractivity contribution in [2.24, 2.45) is 34.8 Å². The van der Waals surface area contributed by atoms with Crippen LogP contribution in [-0.2, 0) is 69.0 Å². The van der Waals surface area contributed by atoms with Crippen LogP contribution >= 0.6 is 23.5 Å². The number of aliphatic carboxylic acids is 1. The molecule has 15 atom stereocenters. The number of carboxylic acid groups (broad SMARTS) is 1. The van der Waals surface area contributed by atoms with Crippen LogP contribution in [0.3, 0.4) is 0 Å². The van der Waals surface area contributed by atoms with Crippen molar-refractivity contribution in [3.63, 3.8) is 0 Å². The van der Waals surface area contributed by atoms with E-state index >= 15 is 14.4 Å². The summed E-state index contributed by atoms with van der Waals surface area (Å²) in [7, 11) is 0. The second kappa shape index (κ2) is 42.9. The van der Waals surface area contributed by atoms with Crippen LogP contribution in [0.25, 0.3) is 0 Å². The van der Waals surface area contributed by atoms with E-state index in [1.54, 1.807) is 34.6 Å². The summed E-state index contributed by atoms with van der Waals surface area (Å²) in [5.41, 5.74) is 6.74. The number of rotatable bonds is 17. The van der Waals surface area contributed by atoms with Crippen molar-refractivity contribution in [3.05, 3.63) is 35.4 Å². The van der Waals surface area contributed by atoms with Gasteiger partial charge in [0.05, 0.1) is 24.5 Å². The lowest BCUT2D eigenvalue weighted by atomic mass is 9.82. The normalized spacial score (nSPS) is 32.5. The van der Waals surface area contributed by atoms with E-state index in [2.05, 4.69) is 74.4 Å². The molecule has 5 fully saturated rings. The molecule has 594 valence electrons. The highest BCUT2D eigenvalue weighted by atomic mass is 32.2. The summed E-state index contributed by atoms with van der Waals surface area (Å²) >= 11 is 2.78. The Labute approximate surface area is 630 Å². The van der Waals surface area contributed by atoms with Gasteiger partial charge in [-0.2, -0.15) is 23.5 Å². The molecule has 20 N–H and O–H groups in total. The first kappa shape index (κ1) is 86.5. The molecule has 11 amide bonds. The molecule has 3 saturated heterocycles. The molecule has 33 heteroatoms. The van der Waals surface area contributed by atoms with E-state index in [1.165, 1.54) is 30.4 Å². The molecule has 4 aliphatic heterocycles. The maximum absolute atomic E-state index is 15.3. The lowest BCUT2D eigenvalue weighted by Crippen LogP contribution is -2.62. The topological polar surface area (TPSA) is 480 Å². The maximum Gasteiger partial charge on any atom is 0.303 e. The quantitative estimate of drug-likeness (QED) is 0.0935. The number of amides is 11. The lowest BCUT2D eigenvalue weighted by Gasteiger charge is -2.34. The summed E-state index contributed by atoms with van der Waals surface area (Å²) in [5.74, 6) is -9.24. The summed E-state index contributed by atoms with van der Waals surface area (Å²) in [5, 5.41) is 83.3. The number of benzene rings is 1. The molecule has 2 saturated carbocycles. The zero-order valence-electron chi connectivity index (χ0n) is 62.4. The highest BCUT2D eigenvalue weighted by Gasteiger charge is 2.44. The van der Waals surface area contributed by atoms with Crippen LogP contribution in [0, 0.1) is 29.1 Å². The molecule has 1 aromatic carbocycles. The Morgan fingerprint density at radius 2 is 1.06 bits per heavy atom. The van der Waals surface area contributed by atoms with Gasteiger partial charge in [-0.1, -0.05) is 71.7 Å². The minimum Gasteiger partial charge on any atom is -0.481 e. The van der Waals surface area contributed by atoms with Crippen molar-refractivity contribution in [3.8, 4) is 0 Å². The minimum atomic E-state index is -1.66. The van der Waals surface area contributed by atoms with Gasteiger partial charge < -0.3 is 101 Å². The second-order valence-electron chi connectivity index (χ2n) is 30.9. The third kappa shape index (κ3) is 27.7. The molecule has 4 unspecified atom stereocenters. The fourth-order valence-corrected chi connectivity index (χ4v) is 16.9. The van der Waals surface area contributed by atoms with E-state index in [0.717, 1.165) is 30.5 Å². The van der Waals surface area contributed by atoms with Crippen molar-refractivity contribution in [1.29, 1.82) is 0 Å². The van der Waals surface area contributed by atoms with E-state index < -0.39 is 168 Å². The molecule has 4 heterocycles. The number of nitrogens with one attached hydrogen (secondary N) is 14. The number of thioether (sulfide) groups is 2. The van der Waals surface area contributed by atoms with Gasteiger partial charge in [-0.15, -0.1) is 0 Å². The second-order valence-corrected chi connectivity index (χ2v) is 33.0. The van der Waals surface area contributed by atoms with Gasteiger partial charge in [0.2, 0.25) is 65.0 Å². The molecule has 106 heavy (non-hydrogen) atoms. The number of fused-ring (bicyclic) bond motifs is 3. The number of carboxylic acids is 1. The standard InChI is InChI=1S/C73H119N15O16S2/c1-7-11-50-64(96)81-52(24-25-59(93)94)65(97)82-53(30-41-16-20-47(90)21-17-41)67(99)80-51(12-8-2)66(98)88-60(40(3)89)71(103)86-57(62(74)95)38-106-37-44-14-9-13-43(29-44)36-105-28-26-58(92)87-61(73(4,5)6)72(104)85-54(31-42-18-22-48(91)23-19-42)68(100)84-56(33-46-35-75-39-78-46)70(102)83-55(69(101)79-50)32-45-34-77-63-49(45)15-10-27-76-63/h9,13-14,29,40-42,45-57,60-61,63,75-78,89-91H,7-8,10-12,15-28,30-39H2,1-6H3,(H2,74,95)(H,79,101)(H,80,99)(H,81,96)(H,82,97)(H,83,102)(H,84,100)(H,85,104)(H,86,103)(H,87,92)(H,88,98)(H,93,94)/t40-,41?,42?,45?,46?,47?,48?,49?,50+,51+,52+,53+,54+,55+,56+,57+,60+,61-,63?/m1/s1. The zero-order chi connectivity index (χ0) is 77.2. The predicted octanol–water partition coefficient (Wildman–Crippen LogP) is -0.492. The average Bonchev–Trinajstić information content (AvgIpc) is 1.58. The summed E-state index contributed by atoms with van der Waals surface area (Å²) in [6.07, 6.45) is 2.45. The molecule has 2 bridgehead atoms. The molecular weight excluding hydrogens is 1410 g/mol. The van der Waals surface area contributed by atoms with Gasteiger partial charge >= 0.3 is 5.97 Å². The lowest BCUT2D eigenvalue weighted by molar-refractivity contribution is -0.139. The van der Waals surface area contributed by atoms with Crippen LogP contribution in [0.4, 0.5) is 0 Å². The molecule has 1 aromatic rings. The molecule has 2 aliphatic carbocycles. The first-order valence-corrected chi connectivity index (χ1v) is 40.5. The van der Waals surface area contributed by atoms with E-state index in [-0.39, 0.29) is 86.6 Å². The minimum absolute atomic E-state index is 0.00187. The molecule has 6 aliphatic rings. The van der Waals surface area contributed by atoms with Gasteiger partial charge in [-0.25, -0.2) is 0 Å². The number of piperidine rings is 1. The van der Waals surface area contributed by atoms with Crippen LogP contribution in [-0.4, -0.2) is 220 Å². The van der Waals surface area contributed by atoms with Crippen molar-refractivity contribution in [1.82, 2.24) is 74.4 Å². The van der Waals surface area contributed by atoms with Crippen molar-refractivity contribution < 1.29 is 78.0 Å². The van der Waals surface area contributed by atoms with Crippen LogP contribution < -0.4 is 80.2 Å². The predicted molar refractivity (Wildman–Crippen MR) is 400 cm³/mol. The third-order valence-electron chi connectivity index (χ3n) is 21.1. The Morgan fingerprint density at radius 1 is 0.566 bits per heavy atom. The van der Waals surface area contributed by atoms with Crippen LogP contribution in [0.1, 0.15) is 188 Å². The Bertz CT molecular complexity index is 3130. The van der Waals surface area contributed by atoms with Crippen LogP contribution in [0.2, 0.25) is 0 Å². The molecule has 7 rings (SSSR count). The number of carbonyl (C=O) groups is 12. The summed E-state index contributed by atoms with van der Waals surface area (Å²) in [6, 6.07) is -6.45. The maximum atomic E-state index is 15.3. The Morgan fingerprint density at radius 3 is 1.56 bits per heavy atom. The van der Waals surface area contributed by atoms with Crippen molar-refractivity contribution in [2.45, 2.75) is 279 Å². The van der Waals surface area contributed by atoms with E-state index in [0.29, 0.717) is 101 Å². The van der Waals surface area contributed by atoms with Crippen molar-refractivity contribution >= 4 is 94.5 Å². The first-order valence-electron chi connectivity index (χ1n) is 38.2. The monoisotopic (exact) mass is 1530 g/mol. The third-order valence-corrected chi connectivity index (χ3v) is 23.3. The van der Waals surface area contributed by atoms with Gasteiger partial charge in [-0.3, -0.25) is 57.5 Å². The SMILES string of the molecule is CCC[C@@H]1NC(=O)[C@H](CC2CNC3NCCCC23)NC(=O)[C@H](CC2CNCN2)NC(=O)[C@H](CC2CCC(O)CC2)NC(=O)[C@H](C(C)(C)C)NC(=O)CCSCc2cccc(c2)CSC[C@@H](C(N)=O)NC(=O)[C@H]([C@@H](C)O)NC(=O)[C@H](CCC)NC(=O)[C@H](CC2CCC(O)CC2)NC(=O)[C@H](CCC(=O)O)NC1=O. The molecule has 0 aromatic heterocycles. The molecule has 0 spiro atoms. The zero-order valence-corrected chi connectivity index (χ0v) is 64.0. The molecular formula is C73H119N15O16S2. The number of aliphatic hydroxyl groups is 3. The van der Waals surface area contributed by atoms with Crippen LogP contribution in [0.15, 0.2) is 24.3 Å². The largest absolute Gasteiger partial charge is 0.481 e. The smallest absolute Gasteiger partial charge is 0.303 e. The van der Waals surface area contributed by atoms with Gasteiger partial charge in [-0.05, 0) is 169 Å². The summed E-state index contributed by atoms with van der Waals surface area (Å²) in [6.45, 7) is 12.2. The van der Waals surface area contributed by atoms with Gasteiger partial charge in [0.25, 0.3) is 0 Å². The summed E-state index contributed by atoms with van der Waals surface area (Å²) in [4.78, 5) is 172. The number of hydrogen-bond donors (Lipinski definition) is 19. The molecule has 0 radical (unpaired) electrons. The van der Waals surface area contributed by atoms with Gasteiger partial charge in [0, 0.05) is 55.1 Å². The van der Waals surface area contributed by atoms with Crippen molar-refractivity contribution in [2.75, 3.05) is 37.8 Å².